The van der Waals surface area contributed by atoms with Crippen molar-refractivity contribution in [1.82, 2.24) is 4.31 Å². The molecule has 1 amide bonds. The quantitative estimate of drug-likeness (QED) is 0.564. The Labute approximate surface area is 192 Å². The molecule has 9 nitrogen and oxygen atoms in total. The molecule has 1 fully saturated rings. The summed E-state index contributed by atoms with van der Waals surface area (Å²) in [7, 11) is -0.836. The highest BCUT2D eigenvalue weighted by atomic mass is 35.5. The number of halogens is 1. The number of benzene rings is 2. The standard InChI is InChI=1S/C21H26ClN3O6S/c1-29-18-5-3-15(22)13-17(18)23-8-7-21(26)24-16-4-6-19(30-2)20(14-16)32(27,28)25-9-11-31-12-10-25/h3-6,13-14,23H,7-12H2,1-2H3,(H,24,26). The average Bonchev–Trinajstić information content (AvgIpc) is 2.80. The van der Waals surface area contributed by atoms with Gasteiger partial charge in [0.25, 0.3) is 0 Å². The van der Waals surface area contributed by atoms with Crippen molar-refractivity contribution < 1.29 is 27.4 Å². The van der Waals surface area contributed by atoms with Gasteiger partial charge in [-0.15, -0.1) is 0 Å². The molecule has 3 rings (SSSR count). The van der Waals surface area contributed by atoms with E-state index in [-0.39, 0.29) is 36.1 Å². The molecule has 1 aliphatic rings. The van der Waals surface area contributed by atoms with Gasteiger partial charge in [0.05, 0.1) is 33.1 Å². The maximum absolute atomic E-state index is 13.1. The zero-order valence-electron chi connectivity index (χ0n) is 17.9. The first-order chi connectivity index (χ1) is 15.3. The molecule has 0 spiro atoms. The van der Waals surface area contributed by atoms with E-state index in [4.69, 9.17) is 25.8 Å². The molecular weight excluding hydrogens is 458 g/mol. The van der Waals surface area contributed by atoms with Crippen LogP contribution in [0.15, 0.2) is 41.3 Å². The van der Waals surface area contributed by atoms with Crippen molar-refractivity contribution in [2.24, 2.45) is 0 Å². The summed E-state index contributed by atoms with van der Waals surface area (Å²) >= 11 is 6.01. The van der Waals surface area contributed by atoms with E-state index in [0.717, 1.165) is 0 Å². The third-order valence-corrected chi connectivity index (χ3v) is 7.02. The Balaban J connectivity index is 1.66. The van der Waals surface area contributed by atoms with Gasteiger partial charge in [0.2, 0.25) is 15.9 Å². The SMILES string of the molecule is COc1ccc(Cl)cc1NCCC(=O)Nc1ccc(OC)c(S(=O)(=O)N2CCOCC2)c1. The maximum Gasteiger partial charge on any atom is 0.246 e. The van der Waals surface area contributed by atoms with Crippen LogP contribution in [0.3, 0.4) is 0 Å². The van der Waals surface area contributed by atoms with E-state index in [1.54, 1.807) is 31.4 Å². The van der Waals surface area contributed by atoms with Crippen molar-refractivity contribution in [2.45, 2.75) is 11.3 Å². The zero-order valence-corrected chi connectivity index (χ0v) is 19.5. The molecule has 0 radical (unpaired) electrons. The number of hydrogen-bond acceptors (Lipinski definition) is 7. The third kappa shape index (κ3) is 5.83. The number of nitrogens with zero attached hydrogens (tertiary/aromatic N) is 1. The number of amides is 1. The molecule has 2 aromatic carbocycles. The third-order valence-electron chi connectivity index (χ3n) is 4.86. The molecule has 0 unspecified atom stereocenters. The van der Waals surface area contributed by atoms with Crippen LogP contribution in [-0.2, 0) is 19.6 Å². The Hall–Kier alpha value is -2.53. The highest BCUT2D eigenvalue weighted by Crippen LogP contribution is 2.30. The number of carbonyl (C=O) groups is 1. The topological polar surface area (TPSA) is 106 Å². The molecule has 2 aromatic rings. The lowest BCUT2D eigenvalue weighted by Gasteiger charge is -2.26. The minimum Gasteiger partial charge on any atom is -0.495 e. The van der Waals surface area contributed by atoms with E-state index in [9.17, 15) is 13.2 Å². The van der Waals surface area contributed by atoms with E-state index in [1.807, 2.05) is 0 Å². The van der Waals surface area contributed by atoms with Crippen molar-refractivity contribution in [3.63, 3.8) is 0 Å². The molecule has 174 valence electrons. The van der Waals surface area contributed by atoms with Gasteiger partial charge < -0.3 is 24.8 Å². The summed E-state index contributed by atoms with van der Waals surface area (Å²) in [6, 6.07) is 9.70. The van der Waals surface area contributed by atoms with E-state index < -0.39 is 10.0 Å². The summed E-state index contributed by atoms with van der Waals surface area (Å²) in [4.78, 5) is 12.4. The Morgan fingerprint density at radius 2 is 1.78 bits per heavy atom. The average molecular weight is 484 g/mol. The first-order valence-corrected chi connectivity index (χ1v) is 11.8. The Bertz CT molecular complexity index is 1060. The molecule has 1 aliphatic heterocycles. The van der Waals surface area contributed by atoms with E-state index in [0.29, 0.717) is 41.9 Å². The van der Waals surface area contributed by atoms with Gasteiger partial charge >= 0.3 is 0 Å². The van der Waals surface area contributed by atoms with Gasteiger partial charge in [0, 0.05) is 36.8 Å². The molecule has 1 saturated heterocycles. The summed E-state index contributed by atoms with van der Waals surface area (Å²) in [6.07, 6.45) is 0.146. The maximum atomic E-state index is 13.1. The minimum absolute atomic E-state index is 0.00138. The summed E-state index contributed by atoms with van der Waals surface area (Å²) in [6.45, 7) is 1.53. The second kappa shape index (κ2) is 10.9. The van der Waals surface area contributed by atoms with Crippen LogP contribution in [0.2, 0.25) is 5.02 Å². The largest absolute Gasteiger partial charge is 0.495 e. The van der Waals surface area contributed by atoms with E-state index in [2.05, 4.69) is 10.6 Å². The number of carbonyl (C=O) groups excluding carboxylic acids is 1. The van der Waals surface area contributed by atoms with E-state index in [1.165, 1.54) is 23.5 Å². The number of rotatable bonds is 9. The summed E-state index contributed by atoms with van der Waals surface area (Å²) < 4.78 is 43.2. The Morgan fingerprint density at radius 1 is 1.09 bits per heavy atom. The first kappa shape index (κ1) is 24.1. The molecule has 0 aromatic heterocycles. The fourth-order valence-corrected chi connectivity index (χ4v) is 5.00. The zero-order chi connectivity index (χ0) is 23.1. The highest BCUT2D eigenvalue weighted by Gasteiger charge is 2.29. The van der Waals surface area contributed by atoms with Crippen molar-refractivity contribution in [2.75, 3.05) is 57.7 Å². The molecule has 11 heteroatoms. The van der Waals surface area contributed by atoms with Crippen molar-refractivity contribution in [3.05, 3.63) is 41.4 Å². The molecular formula is C21H26ClN3O6S. The number of morpholine rings is 1. The summed E-state index contributed by atoms with van der Waals surface area (Å²) in [5.74, 6) is 0.547. The monoisotopic (exact) mass is 483 g/mol. The second-order valence-electron chi connectivity index (χ2n) is 6.95. The number of anilines is 2. The number of methoxy groups -OCH3 is 2. The lowest BCUT2D eigenvalue weighted by Crippen LogP contribution is -2.40. The summed E-state index contributed by atoms with van der Waals surface area (Å²) in [5.41, 5.74) is 1.04. The molecule has 0 atom stereocenters. The van der Waals surface area contributed by atoms with Crippen LogP contribution in [0.5, 0.6) is 11.5 Å². The van der Waals surface area contributed by atoms with Crippen molar-refractivity contribution in [1.29, 1.82) is 0 Å². The van der Waals surface area contributed by atoms with Gasteiger partial charge in [0.1, 0.15) is 16.4 Å². The molecule has 0 aliphatic carbocycles. The van der Waals surface area contributed by atoms with Crippen LogP contribution in [0.1, 0.15) is 6.42 Å². The van der Waals surface area contributed by atoms with Gasteiger partial charge in [-0.3, -0.25) is 4.79 Å². The lowest BCUT2D eigenvalue weighted by atomic mass is 10.2. The Kier molecular flexibility index (Phi) is 8.19. The molecule has 0 bridgehead atoms. The van der Waals surface area contributed by atoms with Crippen LogP contribution in [0.4, 0.5) is 11.4 Å². The predicted octanol–water partition coefficient (Wildman–Crippen LogP) is 2.82. The smallest absolute Gasteiger partial charge is 0.246 e. The van der Waals surface area contributed by atoms with Crippen molar-refractivity contribution >= 4 is 38.9 Å². The Morgan fingerprint density at radius 3 is 2.47 bits per heavy atom. The number of hydrogen-bond donors (Lipinski definition) is 2. The lowest BCUT2D eigenvalue weighted by molar-refractivity contribution is -0.115. The second-order valence-corrected chi connectivity index (χ2v) is 9.29. The number of sulfonamides is 1. The summed E-state index contributed by atoms with van der Waals surface area (Å²) in [5, 5.41) is 6.40. The normalized spacial score (nSPS) is 14.6. The van der Waals surface area contributed by atoms with Crippen LogP contribution in [-0.4, -0.2) is 65.7 Å². The first-order valence-electron chi connectivity index (χ1n) is 9.98. The molecule has 0 saturated carbocycles. The van der Waals surface area contributed by atoms with Crippen LogP contribution in [0, 0.1) is 0 Å². The van der Waals surface area contributed by atoms with Crippen LogP contribution < -0.4 is 20.1 Å². The fourth-order valence-electron chi connectivity index (χ4n) is 3.23. The van der Waals surface area contributed by atoms with Crippen LogP contribution in [0.25, 0.3) is 0 Å². The highest BCUT2D eigenvalue weighted by molar-refractivity contribution is 7.89. The van der Waals surface area contributed by atoms with Crippen molar-refractivity contribution in [3.8, 4) is 11.5 Å². The van der Waals surface area contributed by atoms with Gasteiger partial charge in [-0.1, -0.05) is 11.6 Å². The molecule has 1 heterocycles. The van der Waals surface area contributed by atoms with E-state index >= 15 is 0 Å². The number of ether oxygens (including phenoxy) is 3. The molecule has 32 heavy (non-hydrogen) atoms. The fraction of sp³-hybridized carbons (Fsp3) is 0.381. The van der Waals surface area contributed by atoms with Gasteiger partial charge in [-0.25, -0.2) is 8.42 Å². The van der Waals surface area contributed by atoms with Gasteiger partial charge in [-0.2, -0.15) is 4.31 Å². The predicted molar refractivity (Wildman–Crippen MR) is 122 cm³/mol. The van der Waals surface area contributed by atoms with Gasteiger partial charge in [-0.05, 0) is 36.4 Å². The van der Waals surface area contributed by atoms with Gasteiger partial charge in [0.15, 0.2) is 0 Å². The van der Waals surface area contributed by atoms with Crippen LogP contribution >= 0.6 is 11.6 Å². The number of nitrogens with one attached hydrogen (secondary N) is 2. The molecule has 2 N–H and O–H groups in total. The minimum atomic E-state index is -3.79.